The van der Waals surface area contributed by atoms with Crippen LogP contribution in [0.2, 0.25) is 0 Å². The molecule has 0 rings (SSSR count). The van der Waals surface area contributed by atoms with Crippen molar-refractivity contribution in [3.8, 4) is 0 Å². The first kappa shape index (κ1) is 12.0. The van der Waals surface area contributed by atoms with Crippen LogP contribution >= 0.6 is 0 Å². The Hall–Kier alpha value is -0.0400. The summed E-state index contributed by atoms with van der Waals surface area (Å²) in [5.74, 6) is 1.29. The molecule has 1 atom stereocenters. The molecular formula is C11H24O. The third kappa shape index (κ3) is 4.10. The molecule has 0 amide bonds. The van der Waals surface area contributed by atoms with Gasteiger partial charge in [-0.3, -0.25) is 0 Å². The third-order valence-electron chi connectivity index (χ3n) is 2.88. The Morgan fingerprint density at radius 3 is 1.92 bits per heavy atom. The van der Waals surface area contributed by atoms with Crippen molar-refractivity contribution in [2.45, 2.75) is 52.9 Å². The van der Waals surface area contributed by atoms with Crippen LogP contribution in [0.25, 0.3) is 0 Å². The van der Waals surface area contributed by atoms with Crippen LogP contribution in [0.3, 0.4) is 0 Å². The van der Waals surface area contributed by atoms with Crippen molar-refractivity contribution < 1.29 is 5.11 Å². The number of aliphatic hydroxyl groups is 1. The second kappa shape index (κ2) is 7.60. The second-order valence-corrected chi connectivity index (χ2v) is 3.66. The summed E-state index contributed by atoms with van der Waals surface area (Å²) < 4.78 is 0. The van der Waals surface area contributed by atoms with Gasteiger partial charge in [-0.2, -0.15) is 0 Å². The van der Waals surface area contributed by atoms with Gasteiger partial charge in [0.05, 0.1) is 0 Å². The normalized spacial score (nSPS) is 13.8. The van der Waals surface area contributed by atoms with Crippen LogP contribution in [-0.4, -0.2) is 11.7 Å². The van der Waals surface area contributed by atoms with E-state index in [1.807, 2.05) is 0 Å². The Labute approximate surface area is 77.2 Å². The molecule has 1 nitrogen and oxygen atoms in total. The number of aliphatic hydroxyl groups excluding tert-OH is 1. The van der Waals surface area contributed by atoms with Gasteiger partial charge >= 0.3 is 0 Å². The van der Waals surface area contributed by atoms with Crippen LogP contribution in [0.15, 0.2) is 0 Å². The average molecular weight is 172 g/mol. The summed E-state index contributed by atoms with van der Waals surface area (Å²) in [5, 5.41) is 9.19. The zero-order valence-corrected chi connectivity index (χ0v) is 8.84. The molecular weight excluding hydrogens is 148 g/mol. The van der Waals surface area contributed by atoms with Crippen LogP contribution < -0.4 is 0 Å². The molecule has 1 N–H and O–H groups in total. The Morgan fingerprint density at radius 2 is 1.58 bits per heavy atom. The molecule has 0 aromatic carbocycles. The minimum Gasteiger partial charge on any atom is -0.396 e. The molecule has 0 heterocycles. The van der Waals surface area contributed by atoms with E-state index >= 15 is 0 Å². The Bertz CT molecular complexity index is 87.0. The first-order valence-corrected chi connectivity index (χ1v) is 5.40. The summed E-state index contributed by atoms with van der Waals surface area (Å²) in [7, 11) is 0. The van der Waals surface area contributed by atoms with Gasteiger partial charge in [-0.25, -0.2) is 0 Å². The van der Waals surface area contributed by atoms with Crippen molar-refractivity contribution in [1.82, 2.24) is 0 Å². The predicted octanol–water partition coefficient (Wildman–Crippen LogP) is 3.22. The maximum atomic E-state index is 9.19. The van der Waals surface area contributed by atoms with E-state index in [9.17, 15) is 5.11 Å². The van der Waals surface area contributed by atoms with E-state index in [0.717, 1.165) is 5.92 Å². The highest BCUT2D eigenvalue weighted by Gasteiger charge is 2.16. The first-order chi connectivity index (χ1) is 5.79. The molecule has 0 spiro atoms. The molecule has 0 aliphatic rings. The lowest BCUT2D eigenvalue weighted by molar-refractivity contribution is 0.157. The van der Waals surface area contributed by atoms with Gasteiger partial charge in [-0.1, -0.05) is 46.5 Å². The van der Waals surface area contributed by atoms with Crippen molar-refractivity contribution in [1.29, 1.82) is 0 Å². The lowest BCUT2D eigenvalue weighted by atomic mass is 9.85. The van der Waals surface area contributed by atoms with Crippen LogP contribution in [0.5, 0.6) is 0 Å². The highest BCUT2D eigenvalue weighted by Crippen LogP contribution is 2.23. The lowest BCUT2D eigenvalue weighted by Gasteiger charge is -2.22. The number of hydrogen-bond acceptors (Lipinski definition) is 1. The van der Waals surface area contributed by atoms with E-state index in [4.69, 9.17) is 0 Å². The van der Waals surface area contributed by atoms with Gasteiger partial charge < -0.3 is 5.11 Å². The highest BCUT2D eigenvalue weighted by atomic mass is 16.3. The smallest absolute Gasteiger partial charge is 0.0461 e. The SMILES string of the molecule is CCCCC(CO)C(CC)CC. The Kier molecular flexibility index (Phi) is 7.58. The second-order valence-electron chi connectivity index (χ2n) is 3.66. The van der Waals surface area contributed by atoms with Crippen LogP contribution in [-0.2, 0) is 0 Å². The summed E-state index contributed by atoms with van der Waals surface area (Å²) in [4.78, 5) is 0. The maximum absolute atomic E-state index is 9.19. The maximum Gasteiger partial charge on any atom is 0.0461 e. The molecule has 12 heavy (non-hydrogen) atoms. The quantitative estimate of drug-likeness (QED) is 0.625. The van der Waals surface area contributed by atoms with E-state index < -0.39 is 0 Å². The average Bonchev–Trinajstić information content (AvgIpc) is 2.12. The fourth-order valence-electron chi connectivity index (χ4n) is 1.90. The van der Waals surface area contributed by atoms with E-state index in [0.29, 0.717) is 12.5 Å². The van der Waals surface area contributed by atoms with Crippen molar-refractivity contribution in [2.24, 2.45) is 11.8 Å². The van der Waals surface area contributed by atoms with E-state index in [2.05, 4.69) is 20.8 Å². The van der Waals surface area contributed by atoms with Gasteiger partial charge in [0.1, 0.15) is 0 Å². The number of hydrogen-bond donors (Lipinski definition) is 1. The zero-order chi connectivity index (χ0) is 9.40. The molecule has 0 aromatic rings. The summed E-state index contributed by atoms with van der Waals surface area (Å²) in [5.41, 5.74) is 0. The van der Waals surface area contributed by atoms with Crippen molar-refractivity contribution in [3.05, 3.63) is 0 Å². The first-order valence-electron chi connectivity index (χ1n) is 5.40. The Morgan fingerprint density at radius 1 is 1.00 bits per heavy atom. The van der Waals surface area contributed by atoms with Gasteiger partial charge in [0.25, 0.3) is 0 Å². The van der Waals surface area contributed by atoms with Gasteiger partial charge in [-0.05, 0) is 18.3 Å². The molecule has 0 aliphatic carbocycles. The topological polar surface area (TPSA) is 20.2 Å². The molecule has 1 unspecified atom stereocenters. The van der Waals surface area contributed by atoms with Crippen molar-refractivity contribution in [2.75, 3.05) is 6.61 Å². The van der Waals surface area contributed by atoms with Gasteiger partial charge in [0.2, 0.25) is 0 Å². The molecule has 0 saturated carbocycles. The van der Waals surface area contributed by atoms with Crippen LogP contribution in [0, 0.1) is 11.8 Å². The fourth-order valence-corrected chi connectivity index (χ4v) is 1.90. The van der Waals surface area contributed by atoms with Crippen molar-refractivity contribution >= 4 is 0 Å². The minimum absolute atomic E-state index is 0.381. The monoisotopic (exact) mass is 172 g/mol. The Balaban J connectivity index is 3.75. The van der Waals surface area contributed by atoms with E-state index in [1.165, 1.54) is 32.1 Å². The summed E-state index contributed by atoms with van der Waals surface area (Å²) in [6.45, 7) is 7.04. The van der Waals surface area contributed by atoms with E-state index in [1.54, 1.807) is 0 Å². The summed E-state index contributed by atoms with van der Waals surface area (Å²) >= 11 is 0. The van der Waals surface area contributed by atoms with Gasteiger partial charge in [0, 0.05) is 6.61 Å². The highest BCUT2D eigenvalue weighted by molar-refractivity contribution is 4.66. The molecule has 0 aromatic heterocycles. The molecule has 0 fully saturated rings. The largest absolute Gasteiger partial charge is 0.396 e. The third-order valence-corrected chi connectivity index (χ3v) is 2.88. The van der Waals surface area contributed by atoms with Crippen LogP contribution in [0.4, 0.5) is 0 Å². The number of rotatable bonds is 7. The van der Waals surface area contributed by atoms with Gasteiger partial charge in [-0.15, -0.1) is 0 Å². The van der Waals surface area contributed by atoms with Gasteiger partial charge in [0.15, 0.2) is 0 Å². The lowest BCUT2D eigenvalue weighted by Crippen LogP contribution is -2.17. The molecule has 0 bridgehead atoms. The standard InChI is InChI=1S/C11H24O/c1-4-7-8-11(9-12)10(5-2)6-3/h10-12H,4-9H2,1-3H3. The molecule has 0 aliphatic heterocycles. The number of unbranched alkanes of at least 4 members (excludes halogenated alkanes) is 1. The molecule has 74 valence electrons. The van der Waals surface area contributed by atoms with E-state index in [-0.39, 0.29) is 0 Å². The summed E-state index contributed by atoms with van der Waals surface area (Å²) in [6, 6.07) is 0. The molecule has 1 heteroatoms. The fraction of sp³-hybridized carbons (Fsp3) is 1.00. The predicted molar refractivity (Wildman–Crippen MR) is 54.2 cm³/mol. The molecule has 0 radical (unpaired) electrons. The van der Waals surface area contributed by atoms with Crippen LogP contribution in [0.1, 0.15) is 52.9 Å². The summed E-state index contributed by atoms with van der Waals surface area (Å²) in [6.07, 6.45) is 6.15. The molecule has 0 saturated heterocycles. The minimum atomic E-state index is 0.381. The van der Waals surface area contributed by atoms with Crippen molar-refractivity contribution in [3.63, 3.8) is 0 Å². The zero-order valence-electron chi connectivity index (χ0n) is 8.84.